The number of rotatable bonds is 2. The van der Waals surface area contributed by atoms with Gasteiger partial charge < -0.3 is 10.0 Å². The van der Waals surface area contributed by atoms with Crippen LogP contribution in [0.25, 0.3) is 0 Å². The van der Waals surface area contributed by atoms with Gasteiger partial charge in [0.25, 0.3) is 0 Å². The van der Waals surface area contributed by atoms with Crippen molar-refractivity contribution in [3.63, 3.8) is 0 Å². The Morgan fingerprint density at radius 2 is 1.93 bits per heavy atom. The maximum atomic E-state index is 8.91. The summed E-state index contributed by atoms with van der Waals surface area (Å²) in [6, 6.07) is 3.37. The summed E-state index contributed by atoms with van der Waals surface area (Å²) in [5.41, 5.74) is 1.23. The fourth-order valence-electron chi connectivity index (χ4n) is 1.32. The van der Waals surface area contributed by atoms with Gasteiger partial charge in [0, 0.05) is 0 Å². The molecule has 5 heteroatoms. The van der Waals surface area contributed by atoms with E-state index in [0.29, 0.717) is 5.15 Å². The first kappa shape index (κ1) is 12.5. The van der Waals surface area contributed by atoms with Gasteiger partial charge in [0.15, 0.2) is 0 Å². The van der Waals surface area contributed by atoms with Crippen LogP contribution >= 0.6 is 11.6 Å². The molecule has 0 aliphatic heterocycles. The van der Waals surface area contributed by atoms with Crippen molar-refractivity contribution in [2.45, 2.75) is 27.2 Å². The van der Waals surface area contributed by atoms with Crippen molar-refractivity contribution in [1.82, 2.24) is 4.98 Å². The summed E-state index contributed by atoms with van der Waals surface area (Å²) in [4.78, 5) is 3.92. The molecule has 0 unspecified atom stereocenters. The minimum Gasteiger partial charge on any atom is -0.422 e. The van der Waals surface area contributed by atoms with Crippen LogP contribution < -0.4 is 5.59 Å². The van der Waals surface area contributed by atoms with Crippen LogP contribution in [0, 0.1) is 5.41 Å². The molecule has 0 aromatic carbocycles. The predicted molar refractivity (Wildman–Crippen MR) is 62.2 cm³/mol. The van der Waals surface area contributed by atoms with E-state index < -0.39 is 7.12 Å². The summed E-state index contributed by atoms with van der Waals surface area (Å²) in [5, 5.41) is 18.2. The maximum Gasteiger partial charge on any atom is 0.508 e. The van der Waals surface area contributed by atoms with E-state index in [1.54, 1.807) is 12.1 Å². The van der Waals surface area contributed by atoms with E-state index in [2.05, 4.69) is 25.8 Å². The summed E-state index contributed by atoms with van der Waals surface area (Å²) in [6.07, 6.45) is 0.806. The molecule has 3 nitrogen and oxygen atoms in total. The highest BCUT2D eigenvalue weighted by atomic mass is 35.5. The van der Waals surface area contributed by atoms with Crippen LogP contribution in [0.1, 0.15) is 26.3 Å². The lowest BCUT2D eigenvalue weighted by Crippen LogP contribution is -2.33. The number of hydrogen-bond donors (Lipinski definition) is 2. The molecule has 0 bridgehead atoms. The van der Waals surface area contributed by atoms with Crippen molar-refractivity contribution in [2.24, 2.45) is 5.41 Å². The van der Waals surface area contributed by atoms with Gasteiger partial charge in [-0.05, 0) is 23.5 Å². The smallest absolute Gasteiger partial charge is 0.422 e. The van der Waals surface area contributed by atoms with Crippen LogP contribution in [0.3, 0.4) is 0 Å². The van der Waals surface area contributed by atoms with E-state index in [1.165, 1.54) is 0 Å². The number of nitrogens with zero attached hydrogens (tertiary/aromatic N) is 1. The number of pyridine rings is 1. The SMILES string of the molecule is CC(C)(C)Cc1ccc(B(O)O)nc1Cl. The first-order valence-electron chi connectivity index (χ1n) is 4.81. The third-order valence-electron chi connectivity index (χ3n) is 1.93. The molecule has 0 saturated carbocycles. The van der Waals surface area contributed by atoms with Gasteiger partial charge in [0.05, 0.1) is 5.59 Å². The molecule has 0 aliphatic carbocycles. The molecule has 1 heterocycles. The summed E-state index contributed by atoms with van der Waals surface area (Å²) < 4.78 is 0. The molecule has 0 radical (unpaired) electrons. The second-order valence-electron chi connectivity index (χ2n) is 4.80. The summed E-state index contributed by atoms with van der Waals surface area (Å²) in [5.74, 6) is 0. The van der Waals surface area contributed by atoms with Crippen LogP contribution in [0.15, 0.2) is 12.1 Å². The van der Waals surface area contributed by atoms with Gasteiger partial charge in [-0.3, -0.25) is 0 Å². The first-order valence-corrected chi connectivity index (χ1v) is 5.19. The van der Waals surface area contributed by atoms with Gasteiger partial charge in [-0.15, -0.1) is 0 Å². The van der Waals surface area contributed by atoms with Crippen molar-refractivity contribution < 1.29 is 10.0 Å². The van der Waals surface area contributed by atoms with E-state index in [-0.39, 0.29) is 11.0 Å². The van der Waals surface area contributed by atoms with Crippen molar-refractivity contribution in [1.29, 1.82) is 0 Å². The quantitative estimate of drug-likeness (QED) is 0.585. The molecule has 2 N–H and O–H groups in total. The van der Waals surface area contributed by atoms with Gasteiger partial charge in [-0.2, -0.15) is 0 Å². The molecule has 0 spiro atoms. The Balaban J connectivity index is 2.94. The second-order valence-corrected chi connectivity index (χ2v) is 5.16. The Morgan fingerprint density at radius 3 is 2.33 bits per heavy atom. The maximum absolute atomic E-state index is 8.91. The van der Waals surface area contributed by atoms with E-state index in [9.17, 15) is 0 Å². The average molecular weight is 228 g/mol. The molecule has 82 valence electrons. The monoisotopic (exact) mass is 227 g/mol. The summed E-state index contributed by atoms with van der Waals surface area (Å²) >= 11 is 5.95. The Labute approximate surface area is 95.3 Å². The molecule has 0 atom stereocenters. The zero-order valence-electron chi connectivity index (χ0n) is 9.16. The highest BCUT2D eigenvalue weighted by Crippen LogP contribution is 2.23. The molecule has 0 amide bonds. The number of aromatic nitrogens is 1. The topological polar surface area (TPSA) is 53.4 Å². The molecular formula is C10H15BClNO2. The second kappa shape index (κ2) is 4.52. The predicted octanol–water partition coefficient (Wildman–Crippen LogP) is 1.00. The Kier molecular flexibility index (Phi) is 3.76. The fraction of sp³-hybridized carbons (Fsp3) is 0.500. The fourth-order valence-corrected chi connectivity index (χ4v) is 1.55. The molecule has 1 rings (SSSR count). The molecular weight excluding hydrogens is 212 g/mol. The van der Waals surface area contributed by atoms with E-state index >= 15 is 0 Å². The van der Waals surface area contributed by atoms with Crippen molar-refractivity contribution in [3.05, 3.63) is 22.8 Å². The molecule has 1 aromatic rings. The molecule has 1 aromatic heterocycles. The van der Waals surface area contributed by atoms with Crippen LogP contribution in [0.4, 0.5) is 0 Å². The third-order valence-corrected chi connectivity index (χ3v) is 2.26. The zero-order chi connectivity index (χ0) is 11.6. The third kappa shape index (κ3) is 3.82. The normalized spacial score (nSPS) is 11.6. The Bertz CT molecular complexity index is 350. The van der Waals surface area contributed by atoms with Crippen LogP contribution in [0.5, 0.6) is 0 Å². The highest BCUT2D eigenvalue weighted by molar-refractivity contribution is 6.57. The minimum atomic E-state index is -1.56. The Morgan fingerprint density at radius 1 is 1.33 bits per heavy atom. The van der Waals surface area contributed by atoms with Crippen molar-refractivity contribution >= 4 is 24.3 Å². The van der Waals surface area contributed by atoms with Crippen LogP contribution in [0.2, 0.25) is 5.15 Å². The lowest BCUT2D eigenvalue weighted by molar-refractivity contribution is 0.410. The minimum absolute atomic E-state index is 0.130. The van der Waals surface area contributed by atoms with Gasteiger partial charge in [0.1, 0.15) is 5.15 Å². The molecule has 0 aliphatic rings. The lowest BCUT2D eigenvalue weighted by Gasteiger charge is -2.18. The van der Waals surface area contributed by atoms with Gasteiger partial charge in [0.2, 0.25) is 0 Å². The molecule has 0 saturated heterocycles. The average Bonchev–Trinajstić information content (AvgIpc) is 2.05. The number of hydrogen-bond acceptors (Lipinski definition) is 3. The van der Waals surface area contributed by atoms with E-state index in [1.807, 2.05) is 0 Å². The number of halogens is 1. The Hall–Kier alpha value is -0.575. The molecule has 0 fully saturated rings. The zero-order valence-corrected chi connectivity index (χ0v) is 9.91. The summed E-state index contributed by atoms with van der Waals surface area (Å²) in [7, 11) is -1.56. The first-order chi connectivity index (χ1) is 6.79. The van der Waals surface area contributed by atoms with Gasteiger partial charge in [-0.25, -0.2) is 4.98 Å². The van der Waals surface area contributed by atoms with Gasteiger partial charge >= 0.3 is 7.12 Å². The van der Waals surface area contributed by atoms with Gasteiger partial charge in [-0.1, -0.05) is 38.4 Å². The van der Waals surface area contributed by atoms with Crippen molar-refractivity contribution in [3.8, 4) is 0 Å². The van der Waals surface area contributed by atoms with Crippen molar-refractivity contribution in [2.75, 3.05) is 0 Å². The highest BCUT2D eigenvalue weighted by Gasteiger charge is 2.17. The van der Waals surface area contributed by atoms with Crippen LogP contribution in [-0.4, -0.2) is 22.2 Å². The lowest BCUT2D eigenvalue weighted by atomic mass is 9.84. The van der Waals surface area contributed by atoms with E-state index in [4.69, 9.17) is 21.6 Å². The van der Waals surface area contributed by atoms with E-state index in [0.717, 1.165) is 12.0 Å². The standard InChI is InChI=1S/C10H15BClNO2/c1-10(2,3)6-7-4-5-8(11(14)15)13-9(7)12/h4-5,14-15H,6H2,1-3H3. The largest absolute Gasteiger partial charge is 0.508 e. The van der Waals surface area contributed by atoms with Crippen LogP contribution in [-0.2, 0) is 6.42 Å². The summed E-state index contributed by atoms with van der Waals surface area (Å²) in [6.45, 7) is 6.33. The molecule has 15 heavy (non-hydrogen) atoms.